The summed E-state index contributed by atoms with van der Waals surface area (Å²) in [4.78, 5) is 13.7. The van der Waals surface area contributed by atoms with Crippen LogP contribution in [0.1, 0.15) is 0 Å². The molecule has 1 aromatic carbocycles. The summed E-state index contributed by atoms with van der Waals surface area (Å²) < 4.78 is 5.19. The number of carbonyl (C=O) groups is 1. The van der Waals surface area contributed by atoms with E-state index in [9.17, 15) is 4.79 Å². The van der Waals surface area contributed by atoms with E-state index in [2.05, 4.69) is 5.32 Å². The third-order valence-corrected chi connectivity index (χ3v) is 3.27. The first kappa shape index (κ1) is 13.5. The SMILES string of the molecule is O=C(CNc1ccc(Cl)cc1Cl)N1CCOCC1. The number of nitrogens with one attached hydrogen (secondary N) is 1. The molecule has 1 aromatic rings. The van der Waals surface area contributed by atoms with Gasteiger partial charge in [-0.05, 0) is 18.2 Å². The fourth-order valence-corrected chi connectivity index (χ4v) is 2.20. The van der Waals surface area contributed by atoms with Crippen molar-refractivity contribution in [1.82, 2.24) is 4.90 Å². The van der Waals surface area contributed by atoms with Crippen LogP contribution >= 0.6 is 23.2 Å². The highest BCUT2D eigenvalue weighted by Gasteiger charge is 2.16. The van der Waals surface area contributed by atoms with Crippen molar-refractivity contribution in [3.8, 4) is 0 Å². The normalized spacial score (nSPS) is 15.6. The van der Waals surface area contributed by atoms with E-state index in [1.165, 1.54) is 0 Å². The predicted molar refractivity (Wildman–Crippen MR) is 72.4 cm³/mol. The zero-order chi connectivity index (χ0) is 13.0. The average Bonchev–Trinajstić information content (AvgIpc) is 2.38. The second kappa shape index (κ2) is 6.27. The Bertz CT molecular complexity index is 434. The zero-order valence-electron chi connectivity index (χ0n) is 9.79. The van der Waals surface area contributed by atoms with E-state index in [1.54, 1.807) is 23.1 Å². The maximum atomic E-state index is 11.9. The van der Waals surface area contributed by atoms with Crippen molar-refractivity contribution >= 4 is 34.8 Å². The third kappa shape index (κ3) is 3.51. The topological polar surface area (TPSA) is 41.6 Å². The van der Waals surface area contributed by atoms with Gasteiger partial charge in [-0.25, -0.2) is 0 Å². The van der Waals surface area contributed by atoms with Crippen LogP contribution in [-0.4, -0.2) is 43.7 Å². The largest absolute Gasteiger partial charge is 0.378 e. The molecule has 1 amide bonds. The van der Waals surface area contributed by atoms with Crippen LogP contribution in [0.25, 0.3) is 0 Å². The molecule has 98 valence electrons. The highest BCUT2D eigenvalue weighted by atomic mass is 35.5. The van der Waals surface area contributed by atoms with Crippen molar-refractivity contribution in [3.63, 3.8) is 0 Å². The Balaban J connectivity index is 1.88. The lowest BCUT2D eigenvalue weighted by molar-refractivity contribution is -0.133. The van der Waals surface area contributed by atoms with Gasteiger partial charge >= 0.3 is 0 Å². The summed E-state index contributed by atoms with van der Waals surface area (Å²) in [6, 6.07) is 5.14. The number of rotatable bonds is 3. The van der Waals surface area contributed by atoms with Crippen LogP contribution in [0.2, 0.25) is 10.0 Å². The van der Waals surface area contributed by atoms with Crippen molar-refractivity contribution in [2.75, 3.05) is 38.2 Å². The van der Waals surface area contributed by atoms with Gasteiger partial charge in [-0.2, -0.15) is 0 Å². The molecular weight excluding hydrogens is 275 g/mol. The molecule has 0 spiro atoms. The first-order valence-electron chi connectivity index (χ1n) is 5.71. The van der Waals surface area contributed by atoms with Crippen molar-refractivity contribution in [2.45, 2.75) is 0 Å². The van der Waals surface area contributed by atoms with Gasteiger partial charge in [0.05, 0.1) is 30.5 Å². The molecule has 0 aliphatic carbocycles. The molecule has 1 saturated heterocycles. The third-order valence-electron chi connectivity index (χ3n) is 2.72. The number of hydrogen-bond acceptors (Lipinski definition) is 3. The monoisotopic (exact) mass is 288 g/mol. The van der Waals surface area contributed by atoms with Gasteiger partial charge in [0.25, 0.3) is 0 Å². The molecule has 6 heteroatoms. The van der Waals surface area contributed by atoms with Crippen LogP contribution in [0.5, 0.6) is 0 Å². The first-order chi connectivity index (χ1) is 8.66. The minimum atomic E-state index is 0.0457. The second-order valence-corrected chi connectivity index (χ2v) is 4.81. The van der Waals surface area contributed by atoms with Crippen LogP contribution in [0.3, 0.4) is 0 Å². The Labute approximate surface area is 116 Å². The van der Waals surface area contributed by atoms with E-state index in [0.717, 1.165) is 0 Å². The highest BCUT2D eigenvalue weighted by molar-refractivity contribution is 6.36. The molecule has 1 heterocycles. The molecule has 1 N–H and O–H groups in total. The number of ether oxygens (including phenoxy) is 1. The van der Waals surface area contributed by atoms with E-state index in [4.69, 9.17) is 27.9 Å². The molecule has 1 fully saturated rings. The smallest absolute Gasteiger partial charge is 0.242 e. The molecule has 0 radical (unpaired) electrons. The average molecular weight is 289 g/mol. The molecule has 0 bridgehead atoms. The fraction of sp³-hybridized carbons (Fsp3) is 0.417. The molecule has 18 heavy (non-hydrogen) atoms. The lowest BCUT2D eigenvalue weighted by atomic mass is 10.3. The van der Waals surface area contributed by atoms with E-state index in [-0.39, 0.29) is 12.5 Å². The van der Waals surface area contributed by atoms with Gasteiger partial charge < -0.3 is 15.0 Å². The van der Waals surface area contributed by atoms with Gasteiger partial charge in [-0.1, -0.05) is 23.2 Å². The summed E-state index contributed by atoms with van der Waals surface area (Å²) in [6.45, 7) is 2.73. The second-order valence-electron chi connectivity index (χ2n) is 3.97. The van der Waals surface area contributed by atoms with Gasteiger partial charge in [0.15, 0.2) is 0 Å². The van der Waals surface area contributed by atoms with Crippen LogP contribution in [0.15, 0.2) is 18.2 Å². The summed E-state index contributed by atoms with van der Waals surface area (Å²) in [5.41, 5.74) is 0.711. The van der Waals surface area contributed by atoms with Gasteiger partial charge in [-0.15, -0.1) is 0 Å². The van der Waals surface area contributed by atoms with Crippen LogP contribution in [-0.2, 0) is 9.53 Å². The van der Waals surface area contributed by atoms with Crippen LogP contribution < -0.4 is 5.32 Å². The van der Waals surface area contributed by atoms with E-state index in [0.29, 0.717) is 42.0 Å². The molecule has 1 aliphatic heterocycles. The Morgan fingerprint density at radius 3 is 2.72 bits per heavy atom. The number of halogens is 2. The summed E-state index contributed by atoms with van der Waals surface area (Å²) in [5, 5.41) is 4.10. The minimum Gasteiger partial charge on any atom is -0.378 e. The number of amides is 1. The lowest BCUT2D eigenvalue weighted by Crippen LogP contribution is -2.43. The molecule has 1 aliphatic rings. The number of anilines is 1. The van der Waals surface area contributed by atoms with E-state index >= 15 is 0 Å². The van der Waals surface area contributed by atoms with Gasteiger partial charge in [0, 0.05) is 18.1 Å². The molecule has 4 nitrogen and oxygen atoms in total. The van der Waals surface area contributed by atoms with Gasteiger partial charge in [-0.3, -0.25) is 4.79 Å². The van der Waals surface area contributed by atoms with Crippen molar-refractivity contribution in [2.24, 2.45) is 0 Å². The summed E-state index contributed by atoms with van der Waals surface area (Å²) in [6.07, 6.45) is 0. The predicted octanol–water partition coefficient (Wildman–Crippen LogP) is 2.26. The number of morpholine rings is 1. The summed E-state index contributed by atoms with van der Waals surface area (Å²) >= 11 is 11.8. The minimum absolute atomic E-state index is 0.0457. The molecule has 0 aromatic heterocycles. The number of nitrogens with zero attached hydrogens (tertiary/aromatic N) is 1. The van der Waals surface area contributed by atoms with Gasteiger partial charge in [0.1, 0.15) is 0 Å². The van der Waals surface area contributed by atoms with Crippen molar-refractivity contribution in [1.29, 1.82) is 0 Å². The zero-order valence-corrected chi connectivity index (χ0v) is 11.3. The van der Waals surface area contributed by atoms with Crippen molar-refractivity contribution in [3.05, 3.63) is 28.2 Å². The Morgan fingerprint density at radius 2 is 2.06 bits per heavy atom. The Hall–Kier alpha value is -0.970. The molecule has 0 atom stereocenters. The standard InChI is InChI=1S/C12H14Cl2N2O2/c13-9-1-2-11(10(14)7-9)15-8-12(17)16-3-5-18-6-4-16/h1-2,7,15H,3-6,8H2. The maximum Gasteiger partial charge on any atom is 0.242 e. The molecule has 2 rings (SSSR count). The fourth-order valence-electron chi connectivity index (χ4n) is 1.73. The number of benzene rings is 1. The summed E-state index contributed by atoms with van der Waals surface area (Å²) in [7, 11) is 0. The quantitative estimate of drug-likeness (QED) is 0.928. The van der Waals surface area contributed by atoms with Gasteiger partial charge in [0.2, 0.25) is 5.91 Å². The molecule has 0 unspecified atom stereocenters. The molecular formula is C12H14Cl2N2O2. The maximum absolute atomic E-state index is 11.9. The van der Waals surface area contributed by atoms with E-state index < -0.39 is 0 Å². The van der Waals surface area contributed by atoms with Crippen molar-refractivity contribution < 1.29 is 9.53 Å². The van der Waals surface area contributed by atoms with E-state index in [1.807, 2.05) is 0 Å². The van der Waals surface area contributed by atoms with Crippen LogP contribution in [0, 0.1) is 0 Å². The number of carbonyl (C=O) groups excluding carboxylic acids is 1. The van der Waals surface area contributed by atoms with Crippen LogP contribution in [0.4, 0.5) is 5.69 Å². The first-order valence-corrected chi connectivity index (χ1v) is 6.47. The Morgan fingerprint density at radius 1 is 1.33 bits per heavy atom. The number of hydrogen-bond donors (Lipinski definition) is 1. The Kier molecular flexibility index (Phi) is 4.69. The summed E-state index contributed by atoms with van der Waals surface area (Å²) in [5.74, 6) is 0.0457. The molecule has 0 saturated carbocycles. The highest BCUT2D eigenvalue weighted by Crippen LogP contribution is 2.25. The lowest BCUT2D eigenvalue weighted by Gasteiger charge is -2.27.